The molecule has 2 aromatic rings. The molecule has 0 fully saturated rings. The maximum Gasteiger partial charge on any atom is 0.248 e. The van der Waals surface area contributed by atoms with Gasteiger partial charge in [0.25, 0.3) is 0 Å². The number of aryl methyl sites for hydroxylation is 2. The van der Waals surface area contributed by atoms with Crippen molar-refractivity contribution in [2.75, 3.05) is 5.32 Å². The third-order valence-corrected chi connectivity index (χ3v) is 3.82. The highest BCUT2D eigenvalue weighted by molar-refractivity contribution is 7.12. The maximum absolute atomic E-state index is 11.8. The lowest BCUT2D eigenvalue weighted by Gasteiger charge is -2.06. The van der Waals surface area contributed by atoms with E-state index in [4.69, 9.17) is 11.6 Å². The summed E-state index contributed by atoms with van der Waals surface area (Å²) >= 11 is 7.56. The highest BCUT2D eigenvalue weighted by atomic mass is 35.5. The van der Waals surface area contributed by atoms with Crippen molar-refractivity contribution in [3.8, 4) is 0 Å². The Morgan fingerprint density at radius 2 is 2.05 bits per heavy atom. The summed E-state index contributed by atoms with van der Waals surface area (Å²) < 4.78 is 0. The predicted molar refractivity (Wildman–Crippen MR) is 82.9 cm³/mol. The second-order valence-corrected chi connectivity index (χ2v) is 5.99. The Morgan fingerprint density at radius 3 is 2.74 bits per heavy atom. The van der Waals surface area contributed by atoms with Crippen LogP contribution >= 0.6 is 22.9 Å². The average molecular weight is 292 g/mol. The fourth-order valence-corrected chi connectivity index (χ4v) is 2.56. The number of amides is 1. The number of hydrogen-bond donors (Lipinski definition) is 1. The molecule has 0 atom stereocenters. The molecule has 2 nitrogen and oxygen atoms in total. The van der Waals surface area contributed by atoms with E-state index in [1.54, 1.807) is 23.5 Å². The summed E-state index contributed by atoms with van der Waals surface area (Å²) in [5, 5.41) is 3.43. The minimum Gasteiger partial charge on any atom is -0.322 e. The molecule has 2 rings (SSSR count). The van der Waals surface area contributed by atoms with Gasteiger partial charge in [-0.15, -0.1) is 11.3 Å². The van der Waals surface area contributed by atoms with Crippen molar-refractivity contribution in [1.29, 1.82) is 0 Å². The van der Waals surface area contributed by atoms with Crippen molar-refractivity contribution < 1.29 is 4.79 Å². The molecule has 1 N–H and O–H groups in total. The Morgan fingerprint density at radius 1 is 1.26 bits per heavy atom. The first-order chi connectivity index (χ1) is 9.04. The van der Waals surface area contributed by atoms with Crippen molar-refractivity contribution in [1.82, 2.24) is 0 Å². The van der Waals surface area contributed by atoms with Gasteiger partial charge in [-0.05, 0) is 49.8 Å². The van der Waals surface area contributed by atoms with Crippen LogP contribution < -0.4 is 5.32 Å². The third kappa shape index (κ3) is 3.94. The Hall–Kier alpha value is -1.58. The molecular weight excluding hydrogens is 278 g/mol. The number of rotatable bonds is 3. The zero-order valence-corrected chi connectivity index (χ0v) is 12.3. The van der Waals surface area contributed by atoms with E-state index in [0.29, 0.717) is 5.02 Å². The van der Waals surface area contributed by atoms with Gasteiger partial charge in [-0.25, -0.2) is 0 Å². The molecule has 0 saturated heterocycles. The monoisotopic (exact) mass is 291 g/mol. The number of anilines is 1. The van der Waals surface area contributed by atoms with Gasteiger partial charge in [-0.3, -0.25) is 4.79 Å². The molecule has 0 saturated carbocycles. The van der Waals surface area contributed by atoms with Crippen LogP contribution in [0, 0.1) is 13.8 Å². The standard InChI is InChI=1S/C15H14ClNOS/c1-10-3-5-12(16)9-14(10)17-15(18)8-7-13-6-4-11(2)19-13/h3-9H,1-2H3,(H,17,18)/b8-7+. The Balaban J connectivity index is 2.05. The quantitative estimate of drug-likeness (QED) is 0.818. The molecule has 0 aliphatic heterocycles. The fourth-order valence-electron chi connectivity index (χ4n) is 1.60. The van der Waals surface area contributed by atoms with E-state index in [1.807, 2.05) is 38.1 Å². The van der Waals surface area contributed by atoms with Gasteiger partial charge in [0.1, 0.15) is 0 Å². The van der Waals surface area contributed by atoms with E-state index < -0.39 is 0 Å². The van der Waals surface area contributed by atoms with Crippen LogP contribution in [-0.4, -0.2) is 5.91 Å². The second-order valence-electron chi connectivity index (χ2n) is 4.23. The minimum absolute atomic E-state index is 0.156. The van der Waals surface area contributed by atoms with Gasteiger partial charge in [0, 0.05) is 26.5 Å². The van der Waals surface area contributed by atoms with Crippen molar-refractivity contribution >= 4 is 40.6 Å². The zero-order valence-electron chi connectivity index (χ0n) is 10.7. The van der Waals surface area contributed by atoms with Crippen LogP contribution in [0.25, 0.3) is 6.08 Å². The molecule has 0 bridgehead atoms. The molecule has 1 amide bonds. The lowest BCUT2D eigenvalue weighted by atomic mass is 10.2. The van der Waals surface area contributed by atoms with Crippen molar-refractivity contribution in [2.45, 2.75) is 13.8 Å². The van der Waals surface area contributed by atoms with Gasteiger partial charge in [-0.1, -0.05) is 17.7 Å². The maximum atomic E-state index is 11.8. The van der Waals surface area contributed by atoms with E-state index in [1.165, 1.54) is 11.0 Å². The van der Waals surface area contributed by atoms with Gasteiger partial charge >= 0.3 is 0 Å². The predicted octanol–water partition coefficient (Wildman–Crippen LogP) is 4.67. The Labute approximate surface area is 121 Å². The summed E-state index contributed by atoms with van der Waals surface area (Å²) in [6.45, 7) is 3.97. The van der Waals surface area contributed by atoms with E-state index in [2.05, 4.69) is 5.32 Å². The Kier molecular flexibility index (Phi) is 4.40. The molecule has 1 aromatic heterocycles. The average Bonchev–Trinajstić information content (AvgIpc) is 2.77. The Bertz CT molecular complexity index is 631. The normalized spacial score (nSPS) is 10.9. The molecule has 0 radical (unpaired) electrons. The molecule has 98 valence electrons. The molecule has 1 heterocycles. The number of thiophene rings is 1. The number of nitrogens with one attached hydrogen (secondary N) is 1. The van der Waals surface area contributed by atoms with Crippen LogP contribution in [-0.2, 0) is 4.79 Å². The van der Waals surface area contributed by atoms with Crippen LogP contribution in [0.2, 0.25) is 5.02 Å². The lowest BCUT2D eigenvalue weighted by Crippen LogP contribution is -2.08. The summed E-state index contributed by atoms with van der Waals surface area (Å²) in [6, 6.07) is 9.46. The van der Waals surface area contributed by atoms with Gasteiger partial charge in [0.2, 0.25) is 5.91 Å². The van der Waals surface area contributed by atoms with Crippen LogP contribution in [0.5, 0.6) is 0 Å². The van der Waals surface area contributed by atoms with Gasteiger partial charge in [0.15, 0.2) is 0 Å². The molecule has 0 aliphatic rings. The molecule has 4 heteroatoms. The smallest absolute Gasteiger partial charge is 0.248 e. The van der Waals surface area contributed by atoms with Crippen LogP contribution in [0.15, 0.2) is 36.4 Å². The number of halogens is 1. The first-order valence-corrected chi connectivity index (χ1v) is 7.06. The lowest BCUT2D eigenvalue weighted by molar-refractivity contribution is -0.111. The van der Waals surface area contributed by atoms with E-state index in [-0.39, 0.29) is 5.91 Å². The third-order valence-electron chi connectivity index (χ3n) is 2.62. The first-order valence-electron chi connectivity index (χ1n) is 5.86. The van der Waals surface area contributed by atoms with Crippen LogP contribution in [0.3, 0.4) is 0 Å². The summed E-state index contributed by atoms with van der Waals surface area (Å²) in [7, 11) is 0. The van der Waals surface area contributed by atoms with Crippen LogP contribution in [0.4, 0.5) is 5.69 Å². The number of hydrogen-bond acceptors (Lipinski definition) is 2. The largest absolute Gasteiger partial charge is 0.322 e. The highest BCUT2D eigenvalue weighted by Gasteiger charge is 2.02. The molecule has 0 unspecified atom stereocenters. The number of carbonyl (C=O) groups excluding carboxylic acids is 1. The summed E-state index contributed by atoms with van der Waals surface area (Å²) in [6.07, 6.45) is 3.35. The second kappa shape index (κ2) is 6.04. The molecule has 0 spiro atoms. The SMILES string of the molecule is Cc1ccc(/C=C/C(=O)Nc2cc(Cl)ccc2C)s1. The summed E-state index contributed by atoms with van der Waals surface area (Å²) in [4.78, 5) is 14.1. The summed E-state index contributed by atoms with van der Waals surface area (Å²) in [5.41, 5.74) is 1.72. The minimum atomic E-state index is -0.156. The van der Waals surface area contributed by atoms with Gasteiger partial charge < -0.3 is 5.32 Å². The van der Waals surface area contributed by atoms with E-state index in [9.17, 15) is 4.79 Å². The molecule has 0 aliphatic carbocycles. The number of carbonyl (C=O) groups is 1. The van der Waals surface area contributed by atoms with Gasteiger partial charge in [-0.2, -0.15) is 0 Å². The highest BCUT2D eigenvalue weighted by Crippen LogP contribution is 2.20. The topological polar surface area (TPSA) is 29.1 Å². The van der Waals surface area contributed by atoms with Gasteiger partial charge in [0.05, 0.1) is 0 Å². The number of benzene rings is 1. The van der Waals surface area contributed by atoms with Crippen molar-refractivity contribution in [2.24, 2.45) is 0 Å². The van der Waals surface area contributed by atoms with Crippen LogP contribution in [0.1, 0.15) is 15.3 Å². The molecule has 1 aromatic carbocycles. The zero-order chi connectivity index (χ0) is 13.8. The molecular formula is C15H14ClNOS. The van der Waals surface area contributed by atoms with E-state index >= 15 is 0 Å². The van der Waals surface area contributed by atoms with Crippen molar-refractivity contribution in [3.05, 3.63) is 56.7 Å². The fraction of sp³-hybridized carbons (Fsp3) is 0.133. The van der Waals surface area contributed by atoms with E-state index in [0.717, 1.165) is 16.1 Å². The molecule has 19 heavy (non-hydrogen) atoms. The van der Waals surface area contributed by atoms with Crippen molar-refractivity contribution in [3.63, 3.8) is 0 Å². The summed E-state index contributed by atoms with van der Waals surface area (Å²) in [5.74, 6) is -0.156. The first kappa shape index (κ1) is 13.8.